The summed E-state index contributed by atoms with van der Waals surface area (Å²) in [5.41, 5.74) is 1.81. The number of esters is 2. The van der Waals surface area contributed by atoms with Crippen molar-refractivity contribution in [2.24, 2.45) is 0 Å². The predicted octanol–water partition coefficient (Wildman–Crippen LogP) is 4.38. The molecular weight excluding hydrogens is 304 g/mol. The van der Waals surface area contributed by atoms with Crippen molar-refractivity contribution in [1.29, 1.82) is 0 Å². The van der Waals surface area contributed by atoms with Gasteiger partial charge in [-0.3, -0.25) is 0 Å². The van der Waals surface area contributed by atoms with Crippen molar-refractivity contribution < 1.29 is 19.1 Å². The number of rotatable bonds is 4. The van der Waals surface area contributed by atoms with Crippen LogP contribution in [0.3, 0.4) is 0 Å². The molecule has 0 radical (unpaired) electrons. The first-order chi connectivity index (χ1) is 11.3. The van der Waals surface area contributed by atoms with Crippen molar-refractivity contribution in [3.05, 3.63) is 65.2 Å². The Morgan fingerprint density at radius 1 is 0.917 bits per heavy atom. The quantitative estimate of drug-likeness (QED) is 0.618. The van der Waals surface area contributed by atoms with E-state index in [1.54, 1.807) is 43.3 Å². The highest BCUT2D eigenvalue weighted by atomic mass is 16.5. The summed E-state index contributed by atoms with van der Waals surface area (Å²) >= 11 is 0. The summed E-state index contributed by atoms with van der Waals surface area (Å²) in [5.74, 6) is -0.822. The second-order valence-electron chi connectivity index (χ2n) is 6.43. The summed E-state index contributed by atoms with van der Waals surface area (Å²) in [7, 11) is 0. The van der Waals surface area contributed by atoms with E-state index in [0.717, 1.165) is 5.56 Å². The molecule has 126 valence electrons. The molecule has 0 N–H and O–H groups in total. The van der Waals surface area contributed by atoms with Gasteiger partial charge in [0.15, 0.2) is 0 Å². The lowest BCUT2D eigenvalue weighted by molar-refractivity contribution is 0.0520. The smallest absolute Gasteiger partial charge is 0.343 e. The third-order valence-corrected chi connectivity index (χ3v) is 3.57. The van der Waals surface area contributed by atoms with Crippen LogP contribution in [-0.2, 0) is 10.2 Å². The van der Waals surface area contributed by atoms with Crippen LogP contribution < -0.4 is 4.74 Å². The van der Waals surface area contributed by atoms with Crippen molar-refractivity contribution in [2.45, 2.75) is 33.1 Å². The Labute approximate surface area is 142 Å². The van der Waals surface area contributed by atoms with Crippen LogP contribution in [0.2, 0.25) is 0 Å². The molecule has 0 amide bonds. The van der Waals surface area contributed by atoms with Crippen LogP contribution in [-0.4, -0.2) is 18.5 Å². The first-order valence-corrected chi connectivity index (χ1v) is 7.92. The fraction of sp³-hybridized carbons (Fsp3) is 0.300. The van der Waals surface area contributed by atoms with Gasteiger partial charge in [-0.25, -0.2) is 9.59 Å². The minimum absolute atomic E-state index is 0.0128. The summed E-state index contributed by atoms with van der Waals surface area (Å²) in [5, 5.41) is 0. The molecule has 0 aliphatic carbocycles. The molecule has 24 heavy (non-hydrogen) atoms. The second kappa shape index (κ2) is 7.30. The zero-order valence-corrected chi connectivity index (χ0v) is 14.5. The van der Waals surface area contributed by atoms with Gasteiger partial charge in [-0.2, -0.15) is 0 Å². The molecule has 2 aromatic rings. The maximum Gasteiger partial charge on any atom is 0.343 e. The maximum atomic E-state index is 12.3. The van der Waals surface area contributed by atoms with Gasteiger partial charge in [-0.05, 0) is 42.2 Å². The number of carbonyl (C=O) groups is 2. The van der Waals surface area contributed by atoms with Gasteiger partial charge in [0, 0.05) is 0 Å². The molecule has 0 saturated heterocycles. The van der Waals surface area contributed by atoms with Crippen LogP contribution in [0, 0.1) is 0 Å². The van der Waals surface area contributed by atoms with Gasteiger partial charge < -0.3 is 9.47 Å². The van der Waals surface area contributed by atoms with Crippen LogP contribution in [0.4, 0.5) is 0 Å². The summed E-state index contributed by atoms with van der Waals surface area (Å²) < 4.78 is 10.4. The summed E-state index contributed by atoms with van der Waals surface area (Å²) in [6, 6.07) is 13.8. The average molecular weight is 326 g/mol. The van der Waals surface area contributed by atoms with E-state index in [1.165, 1.54) is 0 Å². The Morgan fingerprint density at radius 2 is 1.54 bits per heavy atom. The van der Waals surface area contributed by atoms with Crippen LogP contribution in [0.15, 0.2) is 48.5 Å². The molecule has 0 heterocycles. The Bertz CT molecular complexity index is 724. The molecule has 0 bridgehead atoms. The minimum Gasteiger partial charge on any atom is -0.462 e. The van der Waals surface area contributed by atoms with Gasteiger partial charge in [-0.15, -0.1) is 0 Å². The molecule has 2 aromatic carbocycles. The van der Waals surface area contributed by atoms with E-state index in [4.69, 9.17) is 9.47 Å². The lowest BCUT2D eigenvalue weighted by Crippen LogP contribution is -2.14. The largest absolute Gasteiger partial charge is 0.462 e. The highest BCUT2D eigenvalue weighted by Gasteiger charge is 2.18. The third-order valence-electron chi connectivity index (χ3n) is 3.57. The van der Waals surface area contributed by atoms with E-state index in [1.807, 2.05) is 12.1 Å². The predicted molar refractivity (Wildman–Crippen MR) is 92.5 cm³/mol. The van der Waals surface area contributed by atoms with E-state index in [9.17, 15) is 9.59 Å². The third kappa shape index (κ3) is 4.22. The lowest BCUT2D eigenvalue weighted by Gasteiger charge is -2.19. The van der Waals surface area contributed by atoms with E-state index in [0.29, 0.717) is 5.56 Å². The molecule has 0 saturated carbocycles. The number of benzene rings is 2. The number of hydrogen-bond acceptors (Lipinski definition) is 4. The average Bonchev–Trinajstić information content (AvgIpc) is 2.55. The van der Waals surface area contributed by atoms with Crippen LogP contribution in [0.1, 0.15) is 54.0 Å². The molecule has 4 nitrogen and oxygen atoms in total. The molecule has 0 unspecified atom stereocenters. The van der Waals surface area contributed by atoms with Gasteiger partial charge in [-0.1, -0.05) is 45.0 Å². The van der Waals surface area contributed by atoms with Crippen LogP contribution >= 0.6 is 0 Å². The van der Waals surface area contributed by atoms with E-state index < -0.39 is 11.9 Å². The first kappa shape index (κ1) is 17.7. The highest BCUT2D eigenvalue weighted by molar-refractivity contribution is 5.96. The van der Waals surface area contributed by atoms with Crippen molar-refractivity contribution in [3.8, 4) is 5.75 Å². The standard InChI is InChI=1S/C20H22O4/c1-5-23-19(22)16-8-6-7-9-17(16)24-18(21)14-10-12-15(13-11-14)20(2,3)4/h6-13H,5H2,1-4H3. The monoisotopic (exact) mass is 326 g/mol. The molecule has 4 heteroatoms. The fourth-order valence-electron chi connectivity index (χ4n) is 2.20. The van der Waals surface area contributed by atoms with Gasteiger partial charge in [0.25, 0.3) is 0 Å². The Balaban J connectivity index is 2.20. The molecule has 0 aliphatic rings. The first-order valence-electron chi connectivity index (χ1n) is 7.92. The highest BCUT2D eigenvalue weighted by Crippen LogP contribution is 2.24. The van der Waals surface area contributed by atoms with Crippen LogP contribution in [0.5, 0.6) is 5.75 Å². The number of para-hydroxylation sites is 1. The van der Waals surface area contributed by atoms with E-state index in [2.05, 4.69) is 20.8 Å². The number of ether oxygens (including phenoxy) is 2. The van der Waals surface area contributed by atoms with Gasteiger partial charge in [0.2, 0.25) is 0 Å². The van der Waals surface area contributed by atoms with Crippen molar-refractivity contribution in [2.75, 3.05) is 6.61 Å². The van der Waals surface area contributed by atoms with Gasteiger partial charge >= 0.3 is 11.9 Å². The fourth-order valence-corrected chi connectivity index (χ4v) is 2.20. The Morgan fingerprint density at radius 3 is 2.12 bits per heavy atom. The van der Waals surface area contributed by atoms with Crippen LogP contribution in [0.25, 0.3) is 0 Å². The SMILES string of the molecule is CCOC(=O)c1ccccc1OC(=O)c1ccc(C(C)(C)C)cc1. The zero-order chi connectivity index (χ0) is 17.7. The van der Waals surface area contributed by atoms with Crippen molar-refractivity contribution in [1.82, 2.24) is 0 Å². The summed E-state index contributed by atoms with van der Waals surface area (Å²) in [6.45, 7) is 8.31. The molecule has 0 spiro atoms. The normalized spacial score (nSPS) is 11.0. The van der Waals surface area contributed by atoms with E-state index in [-0.39, 0.29) is 23.3 Å². The molecule has 2 rings (SSSR count). The minimum atomic E-state index is -0.510. The Hall–Kier alpha value is -2.62. The summed E-state index contributed by atoms with van der Waals surface area (Å²) in [6.07, 6.45) is 0. The molecule has 0 atom stereocenters. The van der Waals surface area contributed by atoms with Gasteiger partial charge in [0.05, 0.1) is 12.2 Å². The molecular formula is C20H22O4. The topological polar surface area (TPSA) is 52.6 Å². The molecule has 0 aliphatic heterocycles. The van der Waals surface area contributed by atoms with Gasteiger partial charge in [0.1, 0.15) is 11.3 Å². The maximum absolute atomic E-state index is 12.3. The summed E-state index contributed by atoms with van der Waals surface area (Å²) in [4.78, 5) is 24.3. The van der Waals surface area contributed by atoms with E-state index >= 15 is 0 Å². The number of hydrogen-bond donors (Lipinski definition) is 0. The second-order valence-corrected chi connectivity index (χ2v) is 6.43. The van der Waals surface area contributed by atoms with Crippen molar-refractivity contribution >= 4 is 11.9 Å². The molecule has 0 fully saturated rings. The van der Waals surface area contributed by atoms with Crippen molar-refractivity contribution in [3.63, 3.8) is 0 Å². The lowest BCUT2D eigenvalue weighted by atomic mass is 9.87. The molecule has 0 aromatic heterocycles. The number of carbonyl (C=O) groups excluding carboxylic acids is 2. The zero-order valence-electron chi connectivity index (χ0n) is 14.5. The Kier molecular flexibility index (Phi) is 5.39.